The van der Waals surface area contributed by atoms with E-state index >= 15 is 0 Å². The molecule has 4 nitrogen and oxygen atoms in total. The van der Waals surface area contributed by atoms with Gasteiger partial charge in [0.05, 0.1) is 17.1 Å². The summed E-state index contributed by atoms with van der Waals surface area (Å²) in [5, 5.41) is 3.58. The first-order valence-electron chi connectivity index (χ1n) is 11.8. The number of aromatic nitrogens is 2. The standard InChI is InChI=1S/C27H31N3O/c31-26-21(18-17-19-11-5-2-1-3-6-12-19)24(20-13-7-4-8-14-20)30-25(26)27-28-22-15-9-10-16-23(22)29-27/h4,7-10,13-16,18-19,24-25,30H,1-3,5-6,11-12,17H2,(H,28,29). The highest BCUT2D eigenvalue weighted by atomic mass is 16.1. The van der Waals surface area contributed by atoms with E-state index in [4.69, 9.17) is 4.98 Å². The zero-order valence-electron chi connectivity index (χ0n) is 18.0. The van der Waals surface area contributed by atoms with Crippen molar-refractivity contribution in [2.24, 2.45) is 5.92 Å². The van der Waals surface area contributed by atoms with Crippen LogP contribution in [-0.2, 0) is 4.79 Å². The highest BCUT2D eigenvalue weighted by Crippen LogP contribution is 2.37. The molecule has 3 aromatic rings. The second-order valence-electron chi connectivity index (χ2n) is 9.05. The fraction of sp³-hybridized carbons (Fsp3) is 0.407. The van der Waals surface area contributed by atoms with E-state index in [0.29, 0.717) is 11.7 Å². The van der Waals surface area contributed by atoms with Gasteiger partial charge in [-0.1, -0.05) is 93.5 Å². The third-order valence-electron chi connectivity index (χ3n) is 6.90. The molecule has 0 spiro atoms. The second kappa shape index (κ2) is 9.19. The van der Waals surface area contributed by atoms with Crippen LogP contribution in [0.1, 0.15) is 74.8 Å². The van der Waals surface area contributed by atoms with Crippen molar-refractivity contribution in [3.05, 3.63) is 77.6 Å². The topological polar surface area (TPSA) is 57.8 Å². The summed E-state index contributed by atoms with van der Waals surface area (Å²) >= 11 is 0. The third-order valence-corrected chi connectivity index (χ3v) is 6.90. The summed E-state index contributed by atoms with van der Waals surface area (Å²) in [5.74, 6) is 1.56. The monoisotopic (exact) mass is 413 g/mol. The van der Waals surface area contributed by atoms with E-state index in [1.165, 1.54) is 44.9 Å². The van der Waals surface area contributed by atoms with Gasteiger partial charge in [0.2, 0.25) is 0 Å². The Hall–Kier alpha value is -2.72. The lowest BCUT2D eigenvalue weighted by atomic mass is 9.87. The maximum absolute atomic E-state index is 13.6. The highest BCUT2D eigenvalue weighted by Gasteiger charge is 2.40. The molecule has 0 amide bonds. The van der Waals surface area contributed by atoms with Gasteiger partial charge in [0.15, 0.2) is 5.78 Å². The Morgan fingerprint density at radius 2 is 1.58 bits per heavy atom. The number of fused-ring (bicyclic) bond motifs is 1. The van der Waals surface area contributed by atoms with Crippen molar-refractivity contribution in [3.8, 4) is 0 Å². The maximum atomic E-state index is 13.6. The smallest absolute Gasteiger partial charge is 0.185 e. The van der Waals surface area contributed by atoms with Gasteiger partial charge >= 0.3 is 0 Å². The van der Waals surface area contributed by atoms with Crippen LogP contribution in [0.15, 0.2) is 66.2 Å². The molecule has 2 N–H and O–H groups in total. The van der Waals surface area contributed by atoms with E-state index in [2.05, 4.69) is 28.5 Å². The lowest BCUT2D eigenvalue weighted by Gasteiger charge is -2.19. The molecule has 1 saturated heterocycles. The van der Waals surface area contributed by atoms with E-state index < -0.39 is 6.04 Å². The predicted octanol–water partition coefficient (Wildman–Crippen LogP) is 6.19. The Morgan fingerprint density at radius 3 is 2.35 bits per heavy atom. The van der Waals surface area contributed by atoms with Gasteiger partial charge in [0, 0.05) is 5.57 Å². The van der Waals surface area contributed by atoms with Crippen LogP contribution in [0.5, 0.6) is 0 Å². The van der Waals surface area contributed by atoms with Crippen molar-refractivity contribution < 1.29 is 4.79 Å². The van der Waals surface area contributed by atoms with E-state index in [1.807, 2.05) is 42.5 Å². The number of benzene rings is 2. The molecule has 1 aliphatic carbocycles. The number of para-hydroxylation sites is 2. The SMILES string of the molecule is O=C1C(=CCC2CCCCCCC2)C(c2ccccc2)NC1c1nc2ccccc2[nH]1. The van der Waals surface area contributed by atoms with Crippen molar-refractivity contribution >= 4 is 16.8 Å². The largest absolute Gasteiger partial charge is 0.340 e. The molecule has 2 aliphatic rings. The van der Waals surface area contributed by atoms with Crippen molar-refractivity contribution in [1.29, 1.82) is 0 Å². The molecule has 1 saturated carbocycles. The molecular formula is C27H31N3O. The van der Waals surface area contributed by atoms with Gasteiger partial charge in [-0.25, -0.2) is 4.98 Å². The van der Waals surface area contributed by atoms with E-state index in [-0.39, 0.29) is 11.8 Å². The minimum atomic E-state index is -0.429. The van der Waals surface area contributed by atoms with Crippen molar-refractivity contribution in [1.82, 2.24) is 15.3 Å². The molecule has 0 bridgehead atoms. The Balaban J connectivity index is 1.44. The first-order valence-corrected chi connectivity index (χ1v) is 11.8. The molecule has 160 valence electrons. The van der Waals surface area contributed by atoms with Crippen LogP contribution >= 0.6 is 0 Å². The first kappa shape index (κ1) is 20.2. The number of Topliss-reactive ketones (excluding diaryl/α,β-unsaturated/α-hetero) is 1. The average Bonchev–Trinajstić information content (AvgIpc) is 3.34. The molecule has 2 atom stereocenters. The van der Waals surface area contributed by atoms with Gasteiger partial charge in [0.1, 0.15) is 11.9 Å². The molecule has 31 heavy (non-hydrogen) atoms. The number of carbonyl (C=O) groups excluding carboxylic acids is 1. The Labute approximate surface area is 184 Å². The van der Waals surface area contributed by atoms with Crippen LogP contribution in [0.25, 0.3) is 11.0 Å². The van der Waals surface area contributed by atoms with Crippen LogP contribution < -0.4 is 5.32 Å². The minimum Gasteiger partial charge on any atom is -0.340 e. The quantitative estimate of drug-likeness (QED) is 0.501. The van der Waals surface area contributed by atoms with Crippen molar-refractivity contribution in [2.75, 3.05) is 0 Å². The predicted molar refractivity (Wildman–Crippen MR) is 125 cm³/mol. The van der Waals surface area contributed by atoms with Crippen LogP contribution in [0.3, 0.4) is 0 Å². The first-order chi connectivity index (χ1) is 15.3. The van der Waals surface area contributed by atoms with Gasteiger partial charge in [-0.05, 0) is 30.0 Å². The molecule has 4 heteroatoms. The van der Waals surface area contributed by atoms with Gasteiger partial charge in [0.25, 0.3) is 0 Å². The van der Waals surface area contributed by atoms with Gasteiger partial charge in [-0.3, -0.25) is 10.1 Å². The molecule has 1 aliphatic heterocycles. The lowest BCUT2D eigenvalue weighted by Crippen LogP contribution is -2.21. The minimum absolute atomic E-state index is 0.0829. The summed E-state index contributed by atoms with van der Waals surface area (Å²) in [7, 11) is 0. The van der Waals surface area contributed by atoms with Crippen LogP contribution in [0.4, 0.5) is 0 Å². The van der Waals surface area contributed by atoms with Crippen molar-refractivity contribution in [2.45, 2.75) is 63.5 Å². The van der Waals surface area contributed by atoms with E-state index in [9.17, 15) is 4.79 Å². The number of imidazole rings is 1. The molecule has 2 heterocycles. The fourth-order valence-corrected chi connectivity index (χ4v) is 5.16. The summed E-state index contributed by atoms with van der Waals surface area (Å²) in [4.78, 5) is 21.6. The molecule has 2 fully saturated rings. The molecular weight excluding hydrogens is 382 g/mol. The summed E-state index contributed by atoms with van der Waals surface area (Å²) < 4.78 is 0. The van der Waals surface area contributed by atoms with Gasteiger partial charge in [-0.15, -0.1) is 0 Å². The zero-order chi connectivity index (χ0) is 21.0. The fourth-order valence-electron chi connectivity index (χ4n) is 5.16. The normalized spacial score (nSPS) is 24.5. The highest BCUT2D eigenvalue weighted by molar-refractivity contribution is 6.03. The number of ketones is 1. The number of allylic oxidation sites excluding steroid dienone is 1. The zero-order valence-corrected chi connectivity index (χ0v) is 18.0. The Kier molecular flexibility index (Phi) is 5.99. The number of carbonyl (C=O) groups is 1. The number of hydrogen-bond donors (Lipinski definition) is 2. The Bertz CT molecular complexity index is 1030. The summed E-state index contributed by atoms with van der Waals surface area (Å²) in [6.07, 6.45) is 12.5. The average molecular weight is 414 g/mol. The summed E-state index contributed by atoms with van der Waals surface area (Å²) in [6.45, 7) is 0. The number of H-pyrrole nitrogens is 1. The molecule has 2 unspecified atom stereocenters. The number of rotatable bonds is 4. The van der Waals surface area contributed by atoms with Crippen LogP contribution in [-0.4, -0.2) is 15.8 Å². The summed E-state index contributed by atoms with van der Waals surface area (Å²) in [6, 6.07) is 17.8. The maximum Gasteiger partial charge on any atom is 0.185 e. The van der Waals surface area contributed by atoms with Gasteiger partial charge < -0.3 is 4.98 Å². The molecule has 2 aromatic carbocycles. The van der Waals surface area contributed by atoms with E-state index in [1.54, 1.807) is 0 Å². The summed E-state index contributed by atoms with van der Waals surface area (Å²) in [5.41, 5.74) is 3.91. The van der Waals surface area contributed by atoms with Crippen LogP contribution in [0.2, 0.25) is 0 Å². The van der Waals surface area contributed by atoms with Gasteiger partial charge in [-0.2, -0.15) is 0 Å². The number of nitrogens with zero attached hydrogens (tertiary/aromatic N) is 1. The molecule has 1 aromatic heterocycles. The van der Waals surface area contributed by atoms with Crippen molar-refractivity contribution in [3.63, 3.8) is 0 Å². The third kappa shape index (κ3) is 4.35. The second-order valence-corrected chi connectivity index (χ2v) is 9.05. The number of hydrogen-bond acceptors (Lipinski definition) is 3. The Morgan fingerprint density at radius 1 is 0.871 bits per heavy atom. The lowest BCUT2D eigenvalue weighted by molar-refractivity contribution is -0.116. The molecule has 5 rings (SSSR count). The van der Waals surface area contributed by atoms with Crippen LogP contribution in [0, 0.1) is 5.92 Å². The van der Waals surface area contributed by atoms with E-state index in [0.717, 1.165) is 28.6 Å². The number of nitrogens with one attached hydrogen (secondary N) is 2. The molecule has 0 radical (unpaired) electrons. The number of aromatic amines is 1.